The molecule has 1 fully saturated rings. The molecule has 33 heavy (non-hydrogen) atoms. The average molecular weight is 443 g/mol. The van der Waals surface area contributed by atoms with Gasteiger partial charge in [0.05, 0.1) is 23.8 Å². The van der Waals surface area contributed by atoms with Crippen molar-refractivity contribution in [2.45, 2.75) is 12.8 Å². The molecule has 0 spiro atoms. The third-order valence-electron chi connectivity index (χ3n) is 5.99. The highest BCUT2D eigenvalue weighted by molar-refractivity contribution is 5.98. The van der Waals surface area contributed by atoms with E-state index in [2.05, 4.69) is 42.3 Å². The summed E-state index contributed by atoms with van der Waals surface area (Å²) in [4.78, 5) is 22.1. The van der Waals surface area contributed by atoms with Gasteiger partial charge in [-0.15, -0.1) is 5.10 Å². The van der Waals surface area contributed by atoms with E-state index in [9.17, 15) is 4.79 Å². The molecule has 0 saturated carbocycles. The molecule has 0 N–H and O–H groups in total. The summed E-state index contributed by atoms with van der Waals surface area (Å²) in [5, 5.41) is 17.7. The van der Waals surface area contributed by atoms with Crippen molar-refractivity contribution in [2.24, 2.45) is 7.05 Å². The molecule has 0 aliphatic carbocycles. The second-order valence-electron chi connectivity index (χ2n) is 8.53. The van der Waals surface area contributed by atoms with Crippen LogP contribution in [0, 0.1) is 0 Å². The highest BCUT2D eigenvalue weighted by atomic mass is 16.1. The van der Waals surface area contributed by atoms with Crippen LogP contribution in [-0.2, 0) is 13.5 Å². The standard InChI is InChI=1S/C24H26N8O/c1-30-8-3-9-32(11-10-30)24-14-18(6-7-25-24)23(33)15-20-13-19-12-17(4-5-21(19)27-26-20)22-16-31(2)29-28-22/h4-7,12-14,16H,3,8-11,15H2,1-2H3. The van der Waals surface area contributed by atoms with Gasteiger partial charge in [0.15, 0.2) is 5.78 Å². The number of likely N-dealkylation sites (N-methyl/N-ethyl adjacent to an activating group) is 1. The quantitative estimate of drug-likeness (QED) is 0.435. The van der Waals surface area contributed by atoms with E-state index in [1.165, 1.54) is 0 Å². The molecular weight excluding hydrogens is 416 g/mol. The average Bonchev–Trinajstić information content (AvgIpc) is 3.15. The minimum absolute atomic E-state index is 0.00400. The molecule has 1 aliphatic heterocycles. The van der Waals surface area contributed by atoms with Crippen LogP contribution >= 0.6 is 0 Å². The van der Waals surface area contributed by atoms with Crippen molar-refractivity contribution < 1.29 is 4.79 Å². The number of pyridine rings is 1. The lowest BCUT2D eigenvalue weighted by molar-refractivity contribution is 0.0991. The van der Waals surface area contributed by atoms with E-state index in [1.807, 2.05) is 43.6 Å². The summed E-state index contributed by atoms with van der Waals surface area (Å²) in [6, 6.07) is 11.5. The minimum Gasteiger partial charge on any atom is -0.355 e. The van der Waals surface area contributed by atoms with Crippen molar-refractivity contribution in [3.05, 3.63) is 60.0 Å². The summed E-state index contributed by atoms with van der Waals surface area (Å²) >= 11 is 0. The van der Waals surface area contributed by atoms with Gasteiger partial charge < -0.3 is 9.80 Å². The van der Waals surface area contributed by atoms with Crippen LogP contribution < -0.4 is 4.90 Å². The molecule has 1 aliphatic rings. The first-order chi connectivity index (χ1) is 16.0. The number of hydrogen-bond donors (Lipinski definition) is 0. The smallest absolute Gasteiger partial charge is 0.169 e. The van der Waals surface area contributed by atoms with Gasteiger partial charge in [0.25, 0.3) is 0 Å². The van der Waals surface area contributed by atoms with E-state index < -0.39 is 0 Å². The maximum Gasteiger partial charge on any atom is 0.169 e. The SMILES string of the molecule is CN1CCCN(c2cc(C(=O)Cc3cc4cc(-c5cn(C)nn5)ccc4nn3)ccn2)CC1. The number of nitrogens with zero attached hydrogens (tertiary/aromatic N) is 8. The van der Waals surface area contributed by atoms with Crippen LogP contribution in [0.3, 0.4) is 0 Å². The van der Waals surface area contributed by atoms with Crippen LogP contribution in [0.25, 0.3) is 22.2 Å². The number of carbonyl (C=O) groups excluding carboxylic acids is 1. The number of hydrogen-bond acceptors (Lipinski definition) is 8. The lowest BCUT2D eigenvalue weighted by atomic mass is 10.0. The molecule has 3 aromatic heterocycles. The van der Waals surface area contributed by atoms with Crippen LogP contribution in [0.15, 0.2) is 48.8 Å². The Morgan fingerprint density at radius 1 is 0.970 bits per heavy atom. The van der Waals surface area contributed by atoms with Crippen molar-refractivity contribution in [3.63, 3.8) is 0 Å². The van der Waals surface area contributed by atoms with Gasteiger partial charge in [0, 0.05) is 49.4 Å². The third kappa shape index (κ3) is 4.73. The first kappa shape index (κ1) is 21.1. The molecular formula is C24H26N8O. The summed E-state index contributed by atoms with van der Waals surface area (Å²) in [7, 11) is 3.97. The van der Waals surface area contributed by atoms with Crippen molar-refractivity contribution in [1.82, 2.24) is 35.1 Å². The van der Waals surface area contributed by atoms with Gasteiger partial charge in [-0.3, -0.25) is 9.48 Å². The molecule has 4 aromatic rings. The van der Waals surface area contributed by atoms with E-state index in [0.717, 1.165) is 60.6 Å². The van der Waals surface area contributed by atoms with Gasteiger partial charge in [0.2, 0.25) is 0 Å². The van der Waals surface area contributed by atoms with E-state index in [0.29, 0.717) is 11.3 Å². The number of Topliss-reactive ketones (excluding diaryl/α,β-unsaturated/α-hetero) is 1. The Morgan fingerprint density at radius 2 is 1.88 bits per heavy atom. The second-order valence-corrected chi connectivity index (χ2v) is 8.53. The fraction of sp³-hybridized carbons (Fsp3) is 0.333. The van der Waals surface area contributed by atoms with E-state index in [1.54, 1.807) is 16.9 Å². The van der Waals surface area contributed by atoms with Gasteiger partial charge in [-0.25, -0.2) is 4.98 Å². The first-order valence-electron chi connectivity index (χ1n) is 11.1. The first-order valence-corrected chi connectivity index (χ1v) is 11.1. The van der Waals surface area contributed by atoms with Crippen LogP contribution in [0.2, 0.25) is 0 Å². The fourth-order valence-corrected chi connectivity index (χ4v) is 4.12. The fourth-order valence-electron chi connectivity index (χ4n) is 4.12. The predicted molar refractivity (Wildman–Crippen MR) is 126 cm³/mol. The lowest BCUT2D eigenvalue weighted by Crippen LogP contribution is -2.29. The number of aromatic nitrogens is 6. The van der Waals surface area contributed by atoms with Gasteiger partial charge in [0.1, 0.15) is 11.5 Å². The number of anilines is 1. The summed E-state index contributed by atoms with van der Waals surface area (Å²) in [6.45, 7) is 3.92. The molecule has 0 radical (unpaired) electrons. The highest BCUT2D eigenvalue weighted by Crippen LogP contribution is 2.22. The monoisotopic (exact) mass is 442 g/mol. The van der Waals surface area contributed by atoms with Gasteiger partial charge in [-0.1, -0.05) is 11.3 Å². The summed E-state index contributed by atoms with van der Waals surface area (Å²) in [5.74, 6) is 0.860. The maximum absolute atomic E-state index is 13.1. The Hall–Kier alpha value is -3.72. The Labute approximate surface area is 192 Å². The minimum atomic E-state index is 0.00400. The second kappa shape index (κ2) is 9.03. The molecule has 0 bridgehead atoms. The molecule has 0 amide bonds. The molecule has 0 unspecified atom stereocenters. The van der Waals surface area contributed by atoms with E-state index >= 15 is 0 Å². The molecule has 5 rings (SSSR count). The molecule has 9 nitrogen and oxygen atoms in total. The Bertz CT molecular complexity index is 1300. The van der Waals surface area contributed by atoms with Crippen molar-refractivity contribution in [2.75, 3.05) is 38.1 Å². The van der Waals surface area contributed by atoms with E-state index in [4.69, 9.17) is 0 Å². The predicted octanol–water partition coefficient (Wildman–Crippen LogP) is 2.39. The van der Waals surface area contributed by atoms with Gasteiger partial charge in [-0.2, -0.15) is 10.2 Å². The number of fused-ring (bicyclic) bond motifs is 1. The zero-order chi connectivity index (χ0) is 22.8. The van der Waals surface area contributed by atoms with Crippen LogP contribution in [0.1, 0.15) is 22.5 Å². The normalized spacial score (nSPS) is 15.0. The van der Waals surface area contributed by atoms with E-state index in [-0.39, 0.29) is 12.2 Å². The zero-order valence-corrected chi connectivity index (χ0v) is 18.8. The number of carbonyl (C=O) groups is 1. The summed E-state index contributed by atoms with van der Waals surface area (Å²) < 4.78 is 1.67. The van der Waals surface area contributed by atoms with Crippen molar-refractivity contribution >= 4 is 22.5 Å². The van der Waals surface area contributed by atoms with Crippen LogP contribution in [0.5, 0.6) is 0 Å². The molecule has 1 saturated heterocycles. The zero-order valence-electron chi connectivity index (χ0n) is 18.8. The largest absolute Gasteiger partial charge is 0.355 e. The molecule has 9 heteroatoms. The van der Waals surface area contributed by atoms with Crippen molar-refractivity contribution in [1.29, 1.82) is 0 Å². The topological polar surface area (TPSA) is 92.9 Å². The molecule has 168 valence electrons. The van der Waals surface area contributed by atoms with Crippen LogP contribution in [-0.4, -0.2) is 74.1 Å². The highest BCUT2D eigenvalue weighted by Gasteiger charge is 2.16. The number of aryl methyl sites for hydroxylation is 1. The number of ketones is 1. The molecule has 4 heterocycles. The van der Waals surface area contributed by atoms with Crippen molar-refractivity contribution in [3.8, 4) is 11.3 Å². The Kier molecular flexibility index (Phi) is 5.78. The molecule has 0 atom stereocenters. The molecule has 1 aromatic carbocycles. The summed E-state index contributed by atoms with van der Waals surface area (Å²) in [5.41, 5.74) is 3.79. The third-order valence-corrected chi connectivity index (χ3v) is 5.99. The van der Waals surface area contributed by atoms with Gasteiger partial charge >= 0.3 is 0 Å². The maximum atomic E-state index is 13.1. The Balaban J connectivity index is 1.35. The van der Waals surface area contributed by atoms with Crippen LogP contribution in [0.4, 0.5) is 5.82 Å². The summed E-state index contributed by atoms with van der Waals surface area (Å²) in [6.07, 6.45) is 4.85. The van der Waals surface area contributed by atoms with Gasteiger partial charge in [-0.05, 0) is 50.3 Å². The number of rotatable bonds is 5. The lowest BCUT2D eigenvalue weighted by Gasteiger charge is -2.21. The number of benzene rings is 1. The Morgan fingerprint density at radius 3 is 2.73 bits per heavy atom.